The average molecular weight is 546 g/mol. The number of rotatable bonds is 12. The van der Waals surface area contributed by atoms with Gasteiger partial charge in [-0.3, -0.25) is 13.9 Å². The molecule has 0 aromatic heterocycles. The summed E-state index contributed by atoms with van der Waals surface area (Å²) in [5.74, 6) is -1.25. The molecule has 2 aromatic carbocycles. The lowest BCUT2D eigenvalue weighted by Crippen LogP contribution is -2.49. The molecule has 0 bridgehead atoms. The fourth-order valence-electron chi connectivity index (χ4n) is 3.84. The van der Waals surface area contributed by atoms with E-state index in [0.717, 1.165) is 28.8 Å². The molecule has 2 amide bonds. The second-order valence-corrected chi connectivity index (χ2v) is 10.4. The van der Waals surface area contributed by atoms with Crippen LogP contribution in [0, 0.1) is 5.82 Å². The highest BCUT2D eigenvalue weighted by Gasteiger charge is 2.32. The van der Waals surface area contributed by atoms with E-state index in [9.17, 15) is 35.6 Å². The third kappa shape index (κ3) is 8.73. The first-order valence-electron chi connectivity index (χ1n) is 11.7. The van der Waals surface area contributed by atoms with Crippen LogP contribution in [0.2, 0.25) is 0 Å². The molecule has 0 unspecified atom stereocenters. The number of alkyl halides is 3. The molecule has 0 aliphatic heterocycles. The van der Waals surface area contributed by atoms with Crippen LogP contribution in [0.4, 0.5) is 23.2 Å². The van der Waals surface area contributed by atoms with Gasteiger partial charge in [0.2, 0.25) is 21.8 Å². The van der Waals surface area contributed by atoms with Gasteiger partial charge in [0.05, 0.1) is 17.5 Å². The third-order valence-electron chi connectivity index (χ3n) is 5.62. The molecular formula is C25H31F4N3O4S. The van der Waals surface area contributed by atoms with E-state index in [-0.39, 0.29) is 37.5 Å². The molecule has 0 saturated carbocycles. The van der Waals surface area contributed by atoms with Crippen molar-refractivity contribution < 1.29 is 35.6 Å². The van der Waals surface area contributed by atoms with Crippen molar-refractivity contribution in [3.8, 4) is 0 Å². The molecule has 2 rings (SSSR count). The summed E-state index contributed by atoms with van der Waals surface area (Å²) in [7, 11) is -3.95. The number of hydrogen-bond donors (Lipinski definition) is 1. The van der Waals surface area contributed by atoms with Crippen molar-refractivity contribution in [3.05, 3.63) is 65.5 Å². The summed E-state index contributed by atoms with van der Waals surface area (Å²) in [6.07, 6.45) is -3.64. The molecular weight excluding hydrogens is 514 g/mol. The number of anilines is 1. The number of nitrogens with one attached hydrogen (secondary N) is 1. The average Bonchev–Trinajstić information content (AvgIpc) is 2.81. The zero-order valence-corrected chi connectivity index (χ0v) is 21.7. The van der Waals surface area contributed by atoms with Crippen LogP contribution in [0.5, 0.6) is 0 Å². The summed E-state index contributed by atoms with van der Waals surface area (Å²) in [5.41, 5.74) is -0.561. The molecule has 2 aromatic rings. The number of hydrogen-bond acceptors (Lipinski definition) is 4. The normalized spacial score (nSPS) is 12.6. The molecule has 204 valence electrons. The third-order valence-corrected chi connectivity index (χ3v) is 6.81. The summed E-state index contributed by atoms with van der Waals surface area (Å²) in [4.78, 5) is 27.2. The van der Waals surface area contributed by atoms with Gasteiger partial charge in [-0.05, 0) is 55.7 Å². The highest BCUT2D eigenvalue weighted by Crippen LogP contribution is 2.32. The minimum Gasteiger partial charge on any atom is -0.355 e. The fraction of sp³-hybridized carbons (Fsp3) is 0.440. The van der Waals surface area contributed by atoms with Gasteiger partial charge in [-0.1, -0.05) is 25.1 Å². The highest BCUT2D eigenvalue weighted by molar-refractivity contribution is 7.92. The largest absolute Gasteiger partial charge is 0.416 e. The molecule has 1 atom stereocenters. The van der Waals surface area contributed by atoms with Crippen molar-refractivity contribution in [2.45, 2.75) is 51.9 Å². The summed E-state index contributed by atoms with van der Waals surface area (Å²) in [5, 5.41) is 2.69. The van der Waals surface area contributed by atoms with Crippen LogP contribution in [-0.4, -0.2) is 50.5 Å². The summed E-state index contributed by atoms with van der Waals surface area (Å²) in [6, 6.07) is 8.61. The van der Waals surface area contributed by atoms with Crippen molar-refractivity contribution >= 4 is 27.5 Å². The Morgan fingerprint density at radius 3 is 2.24 bits per heavy atom. The standard InChI is InChI=1S/C25H31F4N3O4S/c1-4-22(24(34)30-5-2)31(17-18-11-13-20(26)14-12-18)23(33)10-7-15-32(37(3,35)36)21-9-6-8-19(16-21)25(27,28)29/h6,8-9,11-14,16,22H,4-5,7,10,15,17H2,1-3H3,(H,30,34)/t22-/m0/s1. The quantitative estimate of drug-likeness (QED) is 0.402. The number of benzene rings is 2. The van der Waals surface area contributed by atoms with Crippen molar-refractivity contribution in [2.24, 2.45) is 0 Å². The van der Waals surface area contributed by atoms with E-state index in [2.05, 4.69) is 5.32 Å². The van der Waals surface area contributed by atoms with Gasteiger partial charge in [0.1, 0.15) is 11.9 Å². The van der Waals surface area contributed by atoms with Crippen LogP contribution < -0.4 is 9.62 Å². The van der Waals surface area contributed by atoms with Crippen LogP contribution in [0.25, 0.3) is 0 Å². The molecule has 0 saturated heterocycles. The topological polar surface area (TPSA) is 86.8 Å². The lowest BCUT2D eigenvalue weighted by Gasteiger charge is -2.31. The Morgan fingerprint density at radius 2 is 1.70 bits per heavy atom. The molecule has 12 heteroatoms. The molecule has 0 fully saturated rings. The zero-order valence-electron chi connectivity index (χ0n) is 20.9. The Kier molecular flexibility index (Phi) is 10.5. The first kappa shape index (κ1) is 30.1. The second-order valence-electron chi connectivity index (χ2n) is 8.45. The number of nitrogens with zero attached hydrogens (tertiary/aromatic N) is 2. The van der Waals surface area contributed by atoms with Crippen molar-refractivity contribution in [2.75, 3.05) is 23.7 Å². The lowest BCUT2D eigenvalue weighted by molar-refractivity contribution is -0.141. The highest BCUT2D eigenvalue weighted by atomic mass is 32.2. The number of carbonyl (C=O) groups excluding carboxylic acids is 2. The first-order chi connectivity index (χ1) is 17.3. The predicted molar refractivity (Wildman–Crippen MR) is 133 cm³/mol. The number of amides is 2. The summed E-state index contributed by atoms with van der Waals surface area (Å²) in [6.45, 7) is 3.62. The first-order valence-corrected chi connectivity index (χ1v) is 13.6. The minimum atomic E-state index is -4.65. The fourth-order valence-corrected chi connectivity index (χ4v) is 4.80. The molecule has 1 N–H and O–H groups in total. The number of sulfonamides is 1. The second kappa shape index (κ2) is 12.9. The van der Waals surface area contributed by atoms with Crippen LogP contribution >= 0.6 is 0 Å². The van der Waals surface area contributed by atoms with Gasteiger partial charge in [-0.15, -0.1) is 0 Å². The van der Waals surface area contributed by atoms with E-state index in [0.29, 0.717) is 18.5 Å². The Hall–Kier alpha value is -3.15. The Balaban J connectivity index is 2.24. The van der Waals surface area contributed by atoms with Crippen LogP contribution in [-0.2, 0) is 32.3 Å². The van der Waals surface area contributed by atoms with Gasteiger partial charge in [0, 0.05) is 26.1 Å². The SMILES string of the molecule is CCNC(=O)[C@H](CC)N(Cc1ccc(F)cc1)C(=O)CCCN(c1cccc(C(F)(F)F)c1)S(C)(=O)=O. The van der Waals surface area contributed by atoms with Gasteiger partial charge in [-0.25, -0.2) is 12.8 Å². The number of carbonyl (C=O) groups is 2. The molecule has 0 heterocycles. The van der Waals surface area contributed by atoms with E-state index < -0.39 is 39.5 Å². The van der Waals surface area contributed by atoms with Gasteiger partial charge >= 0.3 is 6.18 Å². The molecule has 37 heavy (non-hydrogen) atoms. The monoisotopic (exact) mass is 545 g/mol. The predicted octanol–water partition coefficient (Wildman–Crippen LogP) is 4.33. The lowest BCUT2D eigenvalue weighted by atomic mass is 10.1. The van der Waals surface area contributed by atoms with Crippen molar-refractivity contribution in [3.63, 3.8) is 0 Å². The maximum atomic E-state index is 13.3. The maximum absolute atomic E-state index is 13.3. The van der Waals surface area contributed by atoms with Crippen molar-refractivity contribution in [1.29, 1.82) is 0 Å². The van der Waals surface area contributed by atoms with Crippen LogP contribution in [0.15, 0.2) is 48.5 Å². The zero-order chi connectivity index (χ0) is 27.8. The molecule has 7 nitrogen and oxygen atoms in total. The molecule has 0 spiro atoms. The number of halogens is 4. The molecule has 0 aliphatic carbocycles. The van der Waals surface area contributed by atoms with Crippen LogP contribution in [0.3, 0.4) is 0 Å². The van der Waals surface area contributed by atoms with E-state index in [4.69, 9.17) is 0 Å². The summed E-state index contributed by atoms with van der Waals surface area (Å²) < 4.78 is 78.3. The Morgan fingerprint density at radius 1 is 1.05 bits per heavy atom. The van der Waals surface area contributed by atoms with E-state index in [1.54, 1.807) is 13.8 Å². The van der Waals surface area contributed by atoms with Gasteiger partial charge in [0.15, 0.2) is 0 Å². The van der Waals surface area contributed by atoms with Gasteiger partial charge in [-0.2, -0.15) is 13.2 Å². The summed E-state index contributed by atoms with van der Waals surface area (Å²) >= 11 is 0. The van der Waals surface area contributed by atoms with Gasteiger partial charge < -0.3 is 10.2 Å². The van der Waals surface area contributed by atoms with Crippen LogP contribution in [0.1, 0.15) is 44.2 Å². The maximum Gasteiger partial charge on any atom is 0.416 e. The Labute approximate surface area is 214 Å². The number of likely N-dealkylation sites (N-methyl/N-ethyl adjacent to an activating group) is 1. The van der Waals surface area contributed by atoms with Gasteiger partial charge in [0.25, 0.3) is 0 Å². The van der Waals surface area contributed by atoms with E-state index >= 15 is 0 Å². The van der Waals surface area contributed by atoms with E-state index in [1.165, 1.54) is 35.2 Å². The smallest absolute Gasteiger partial charge is 0.355 e. The molecule has 0 aliphatic rings. The van der Waals surface area contributed by atoms with Crippen molar-refractivity contribution in [1.82, 2.24) is 10.2 Å². The molecule has 0 radical (unpaired) electrons. The van der Waals surface area contributed by atoms with E-state index in [1.807, 2.05) is 0 Å². The Bertz CT molecular complexity index is 1170. The minimum absolute atomic E-state index is 0.00605.